The lowest BCUT2D eigenvalue weighted by Crippen LogP contribution is -2.27. The number of carbonyl (C=O) groups is 2. The molecule has 0 aromatic heterocycles. The molecule has 0 aromatic rings. The number of Topliss-reactive ketones (excluding diaryl/α,β-unsaturated/α-hetero) is 1. The van der Waals surface area contributed by atoms with Crippen molar-refractivity contribution in [1.29, 1.82) is 0 Å². The van der Waals surface area contributed by atoms with Crippen LogP contribution in [0.4, 0.5) is 8.78 Å². The second-order valence-corrected chi connectivity index (χ2v) is 1.32. The molecule has 0 aliphatic heterocycles. The van der Waals surface area contributed by atoms with E-state index in [-0.39, 0.29) is 0 Å². The van der Waals surface area contributed by atoms with Gasteiger partial charge in [-0.1, -0.05) is 0 Å². The lowest BCUT2D eigenvalue weighted by molar-refractivity contribution is -0.304. The Balaban J connectivity index is 3.64. The van der Waals surface area contributed by atoms with Crippen molar-refractivity contribution in [2.45, 2.75) is 12.8 Å². The first-order valence-corrected chi connectivity index (χ1v) is 2.04. The number of alkyl halides is 2. The van der Waals surface area contributed by atoms with E-state index in [0.717, 1.165) is 0 Å². The molecule has 0 fully saturated rings. The maximum Gasteiger partial charge on any atom is 0.296 e. The zero-order valence-corrected chi connectivity index (χ0v) is 4.27. The molecule has 0 saturated heterocycles. The summed E-state index contributed by atoms with van der Waals surface area (Å²) in [6, 6.07) is 0. The van der Waals surface area contributed by atoms with Crippen molar-refractivity contribution in [3.8, 4) is 0 Å². The fourth-order valence-corrected chi connectivity index (χ4v) is 0.219. The topological polar surface area (TPSA) is 57.2 Å². The number of ketones is 1. The first-order chi connectivity index (χ1) is 4.04. The lowest BCUT2D eigenvalue weighted by atomic mass is 10.3. The highest BCUT2D eigenvalue weighted by Crippen LogP contribution is 1.96. The Hall–Kier alpha value is -1.00. The largest absolute Gasteiger partial charge is 0.550 e. The van der Waals surface area contributed by atoms with E-state index in [1.54, 1.807) is 0 Å². The second kappa shape index (κ2) is 3.11. The highest BCUT2D eigenvalue weighted by atomic mass is 19.3. The molecule has 0 rings (SSSR count). The summed E-state index contributed by atoms with van der Waals surface area (Å²) in [5.74, 6) is -3.39. The molecule has 0 aliphatic carbocycles. The minimum atomic E-state index is -3.21. The molecule has 0 heterocycles. The van der Waals surface area contributed by atoms with E-state index in [2.05, 4.69) is 0 Å². The molecule has 0 saturated carbocycles. The quantitative estimate of drug-likeness (QED) is 0.467. The molecule has 0 bridgehead atoms. The zero-order chi connectivity index (χ0) is 7.44. The van der Waals surface area contributed by atoms with Crippen molar-refractivity contribution in [2.75, 3.05) is 0 Å². The van der Waals surface area contributed by atoms with Gasteiger partial charge in [-0.2, -0.15) is 0 Å². The van der Waals surface area contributed by atoms with E-state index in [0.29, 0.717) is 0 Å². The smallest absolute Gasteiger partial charge is 0.296 e. The number of hydrogen-bond acceptors (Lipinski definition) is 3. The summed E-state index contributed by atoms with van der Waals surface area (Å²) < 4.78 is 22.3. The van der Waals surface area contributed by atoms with Crippen molar-refractivity contribution in [2.24, 2.45) is 0 Å². The fraction of sp³-hybridized carbons (Fsp3) is 0.500. The van der Waals surface area contributed by atoms with Crippen LogP contribution in [0.5, 0.6) is 0 Å². The van der Waals surface area contributed by atoms with Gasteiger partial charge >= 0.3 is 0 Å². The van der Waals surface area contributed by atoms with Crippen LogP contribution in [0.1, 0.15) is 6.42 Å². The molecule has 0 atom stereocenters. The molecule has 9 heavy (non-hydrogen) atoms. The summed E-state index contributed by atoms with van der Waals surface area (Å²) in [6.45, 7) is 0. The molecule has 0 N–H and O–H groups in total. The molecule has 0 aromatic carbocycles. The Morgan fingerprint density at radius 1 is 1.44 bits per heavy atom. The second-order valence-electron chi connectivity index (χ2n) is 1.32. The molecule has 3 nitrogen and oxygen atoms in total. The average Bonchev–Trinajstić information content (AvgIpc) is 1.63. The van der Waals surface area contributed by atoms with Crippen molar-refractivity contribution in [1.82, 2.24) is 0 Å². The predicted molar refractivity (Wildman–Crippen MR) is 20.6 cm³/mol. The van der Waals surface area contributed by atoms with Crippen LogP contribution >= 0.6 is 0 Å². The number of halogens is 2. The van der Waals surface area contributed by atoms with Crippen LogP contribution in [-0.4, -0.2) is 18.2 Å². The van der Waals surface area contributed by atoms with Crippen LogP contribution < -0.4 is 5.11 Å². The summed E-state index contributed by atoms with van der Waals surface area (Å²) in [7, 11) is 0. The summed E-state index contributed by atoms with van der Waals surface area (Å²) >= 11 is 0. The first kappa shape index (κ1) is 8.00. The van der Waals surface area contributed by atoms with Crippen molar-refractivity contribution < 1.29 is 23.5 Å². The third-order valence-corrected chi connectivity index (χ3v) is 0.562. The van der Waals surface area contributed by atoms with E-state index >= 15 is 0 Å². The average molecular weight is 137 g/mol. The Bertz CT molecular complexity index is 132. The molecule has 52 valence electrons. The summed E-state index contributed by atoms with van der Waals surface area (Å²) in [5, 5.41) is 9.45. The Kier molecular flexibility index (Phi) is 2.77. The van der Waals surface area contributed by atoms with Gasteiger partial charge in [-0.05, 0) is 0 Å². The minimum absolute atomic E-state index is 1.21. The van der Waals surface area contributed by atoms with Gasteiger partial charge in [0.05, 0.1) is 6.42 Å². The fourth-order valence-electron chi connectivity index (χ4n) is 0.219. The van der Waals surface area contributed by atoms with Crippen molar-refractivity contribution >= 4 is 11.8 Å². The maximum absolute atomic E-state index is 11.1. The third kappa shape index (κ3) is 3.57. The van der Waals surface area contributed by atoms with Gasteiger partial charge in [-0.25, -0.2) is 8.78 Å². The number of carboxylic acid groups (broad SMARTS) is 1. The standard InChI is InChI=1S/C4H4F2O3/c5-4(6)2(7)1-3(8)9/h4H,1H2,(H,8,9)/p-1. The molecule has 0 amide bonds. The van der Waals surface area contributed by atoms with Gasteiger partial charge in [-0.3, -0.25) is 4.79 Å². The van der Waals surface area contributed by atoms with Crippen LogP contribution in [-0.2, 0) is 9.59 Å². The predicted octanol–water partition coefficient (Wildman–Crippen LogP) is -1.04. The Morgan fingerprint density at radius 2 is 1.89 bits per heavy atom. The van der Waals surface area contributed by atoms with Gasteiger partial charge in [0, 0.05) is 5.97 Å². The van der Waals surface area contributed by atoms with E-state index in [9.17, 15) is 23.5 Å². The number of aliphatic carboxylic acids is 1. The maximum atomic E-state index is 11.1. The highest BCUT2D eigenvalue weighted by Gasteiger charge is 2.14. The van der Waals surface area contributed by atoms with Crippen LogP contribution in [0.25, 0.3) is 0 Å². The molecule has 0 spiro atoms. The Labute approximate surface area is 49.3 Å². The number of hydrogen-bond donors (Lipinski definition) is 0. The molecule has 0 unspecified atom stereocenters. The van der Waals surface area contributed by atoms with Gasteiger partial charge < -0.3 is 9.90 Å². The van der Waals surface area contributed by atoms with Gasteiger partial charge in [0.1, 0.15) is 0 Å². The summed E-state index contributed by atoms with van der Waals surface area (Å²) in [6.07, 6.45) is -4.42. The first-order valence-electron chi connectivity index (χ1n) is 2.04. The van der Waals surface area contributed by atoms with Crippen LogP contribution in [0.3, 0.4) is 0 Å². The number of carbonyl (C=O) groups excluding carboxylic acids is 2. The SMILES string of the molecule is O=C([O-])CC(=O)C(F)F. The molecule has 5 heteroatoms. The third-order valence-electron chi connectivity index (χ3n) is 0.562. The zero-order valence-electron chi connectivity index (χ0n) is 4.27. The highest BCUT2D eigenvalue weighted by molar-refractivity contribution is 5.95. The summed E-state index contributed by atoms with van der Waals surface area (Å²) in [4.78, 5) is 19.2. The van der Waals surface area contributed by atoms with Gasteiger partial charge in [0.2, 0.25) is 5.78 Å². The molecule has 0 radical (unpaired) electrons. The molecule has 0 aliphatic rings. The number of carboxylic acids is 1. The van der Waals surface area contributed by atoms with E-state index in [1.165, 1.54) is 0 Å². The van der Waals surface area contributed by atoms with Crippen molar-refractivity contribution in [3.05, 3.63) is 0 Å². The van der Waals surface area contributed by atoms with Crippen molar-refractivity contribution in [3.63, 3.8) is 0 Å². The normalized spacial score (nSPS) is 9.67. The molecular weight excluding hydrogens is 134 g/mol. The summed E-state index contributed by atoms with van der Waals surface area (Å²) in [5.41, 5.74) is 0. The Morgan fingerprint density at radius 3 is 2.00 bits per heavy atom. The van der Waals surface area contributed by atoms with Gasteiger partial charge in [-0.15, -0.1) is 0 Å². The van der Waals surface area contributed by atoms with Crippen LogP contribution in [0, 0.1) is 0 Å². The van der Waals surface area contributed by atoms with E-state index < -0.39 is 24.6 Å². The monoisotopic (exact) mass is 137 g/mol. The van der Waals surface area contributed by atoms with Crippen LogP contribution in [0.2, 0.25) is 0 Å². The minimum Gasteiger partial charge on any atom is -0.550 e. The molecular formula is C4H3F2O3-. The van der Waals surface area contributed by atoms with E-state index in [4.69, 9.17) is 0 Å². The van der Waals surface area contributed by atoms with Gasteiger partial charge in [0.25, 0.3) is 6.43 Å². The van der Waals surface area contributed by atoms with Gasteiger partial charge in [0.15, 0.2) is 0 Å². The number of rotatable bonds is 3. The van der Waals surface area contributed by atoms with E-state index in [1.807, 2.05) is 0 Å². The van der Waals surface area contributed by atoms with Crippen LogP contribution in [0.15, 0.2) is 0 Å². The lowest BCUT2D eigenvalue weighted by Gasteiger charge is -1.97.